The fourth-order valence-electron chi connectivity index (χ4n) is 6.66. The van der Waals surface area contributed by atoms with Gasteiger partial charge in [0, 0.05) is 29.9 Å². The molecule has 1 unspecified atom stereocenters. The molecule has 1 aliphatic heterocycles. The predicted molar refractivity (Wildman–Crippen MR) is 157 cm³/mol. The highest BCUT2D eigenvalue weighted by atomic mass is 35.5. The molecule has 2 aromatic carbocycles. The van der Waals surface area contributed by atoms with Crippen molar-refractivity contribution in [2.24, 2.45) is 11.8 Å². The van der Waals surface area contributed by atoms with E-state index >= 15 is 0 Å². The topological polar surface area (TPSA) is 65.1 Å². The summed E-state index contributed by atoms with van der Waals surface area (Å²) in [7, 11) is 0. The number of carbonyl (C=O) groups is 2. The van der Waals surface area contributed by atoms with Gasteiger partial charge in [0.2, 0.25) is 0 Å². The molecule has 3 atom stereocenters. The molecular weight excluding hydrogens is 526 g/mol. The van der Waals surface area contributed by atoms with Gasteiger partial charge >= 0.3 is 11.9 Å². The first-order valence-corrected chi connectivity index (χ1v) is 15.1. The SMILES string of the molecule is CCOC(=O)CC[C@@H]1CC[C@H]1CN1CC2(CCCc3cc(Cl)ccc32)COc2ccc(C(=O)OC(C)(C)C)cc21. The van der Waals surface area contributed by atoms with E-state index in [1.165, 1.54) is 11.1 Å². The van der Waals surface area contributed by atoms with E-state index in [-0.39, 0.29) is 17.4 Å². The Morgan fingerprint density at radius 2 is 1.93 bits per heavy atom. The number of aryl methyl sites for hydroxylation is 1. The number of esters is 2. The Balaban J connectivity index is 1.46. The molecule has 40 heavy (non-hydrogen) atoms. The van der Waals surface area contributed by atoms with Gasteiger partial charge in [-0.1, -0.05) is 17.7 Å². The molecule has 1 heterocycles. The van der Waals surface area contributed by atoms with Crippen molar-refractivity contribution in [3.8, 4) is 5.75 Å². The Hall–Kier alpha value is -2.73. The smallest absolute Gasteiger partial charge is 0.338 e. The van der Waals surface area contributed by atoms with Gasteiger partial charge in [0.25, 0.3) is 0 Å². The normalized spacial score (nSPS) is 23.8. The summed E-state index contributed by atoms with van der Waals surface area (Å²) in [5.74, 6) is 1.31. The summed E-state index contributed by atoms with van der Waals surface area (Å²) in [4.78, 5) is 27.5. The molecule has 0 amide bonds. The van der Waals surface area contributed by atoms with E-state index in [0.717, 1.165) is 68.1 Å². The Kier molecular flexibility index (Phi) is 8.37. The second kappa shape index (κ2) is 11.6. The maximum Gasteiger partial charge on any atom is 0.338 e. The third-order valence-corrected chi connectivity index (χ3v) is 8.96. The van der Waals surface area contributed by atoms with Gasteiger partial charge in [-0.15, -0.1) is 0 Å². The Bertz CT molecular complexity index is 1250. The number of carbonyl (C=O) groups excluding carboxylic acids is 2. The molecule has 0 saturated heterocycles. The molecule has 1 spiro atoms. The first-order chi connectivity index (χ1) is 19.1. The van der Waals surface area contributed by atoms with E-state index in [9.17, 15) is 9.59 Å². The minimum absolute atomic E-state index is 0.111. The summed E-state index contributed by atoms with van der Waals surface area (Å²) >= 11 is 6.40. The molecule has 1 fully saturated rings. The summed E-state index contributed by atoms with van der Waals surface area (Å²) in [6, 6.07) is 12.0. The van der Waals surface area contributed by atoms with Crippen LogP contribution >= 0.6 is 11.6 Å². The molecule has 0 aromatic heterocycles. The molecule has 0 radical (unpaired) electrons. The molecule has 0 N–H and O–H groups in total. The Morgan fingerprint density at radius 1 is 1.12 bits per heavy atom. The largest absolute Gasteiger partial charge is 0.490 e. The lowest BCUT2D eigenvalue weighted by Gasteiger charge is -2.44. The van der Waals surface area contributed by atoms with Crippen molar-refractivity contribution in [1.29, 1.82) is 0 Å². The number of ether oxygens (including phenoxy) is 3. The second-order valence-corrected chi connectivity index (χ2v) is 13.2. The molecule has 216 valence electrons. The van der Waals surface area contributed by atoms with Crippen molar-refractivity contribution in [2.75, 3.05) is 31.2 Å². The minimum Gasteiger partial charge on any atom is -0.490 e. The summed E-state index contributed by atoms with van der Waals surface area (Å²) in [6.45, 7) is 10.1. The van der Waals surface area contributed by atoms with Crippen LogP contribution in [0.15, 0.2) is 36.4 Å². The van der Waals surface area contributed by atoms with Crippen LogP contribution in [0.25, 0.3) is 0 Å². The van der Waals surface area contributed by atoms with E-state index in [0.29, 0.717) is 37.0 Å². The molecule has 1 saturated carbocycles. The number of benzene rings is 2. The standard InChI is InChI=1S/C33H42ClNO5/c1-5-38-30(36)15-11-22-8-9-25(22)19-35-20-33(16-6-7-23-17-26(34)12-13-27(23)33)21-39-29-14-10-24(18-28(29)35)31(37)40-32(2,3)4/h10,12-14,17-18,22,25H,5-9,11,15-16,19-21H2,1-4H3/t22-,25-,33?/m0/s1. The average Bonchev–Trinajstić information content (AvgIpc) is 3.03. The lowest BCUT2D eigenvalue weighted by molar-refractivity contribution is -0.143. The minimum atomic E-state index is -0.574. The number of hydrogen-bond acceptors (Lipinski definition) is 6. The zero-order chi connectivity index (χ0) is 28.5. The van der Waals surface area contributed by atoms with Crippen LogP contribution in [0.2, 0.25) is 5.02 Å². The van der Waals surface area contributed by atoms with E-state index in [1.807, 2.05) is 52.0 Å². The van der Waals surface area contributed by atoms with Crippen LogP contribution in [0.5, 0.6) is 5.75 Å². The van der Waals surface area contributed by atoms with Gasteiger partial charge in [-0.3, -0.25) is 4.79 Å². The van der Waals surface area contributed by atoms with Gasteiger partial charge in [-0.05, 0) is 120 Å². The summed E-state index contributed by atoms with van der Waals surface area (Å²) in [5.41, 5.74) is 3.35. The Morgan fingerprint density at radius 3 is 2.65 bits per heavy atom. The maximum absolute atomic E-state index is 13.0. The van der Waals surface area contributed by atoms with Crippen LogP contribution in [0.1, 0.15) is 87.7 Å². The highest BCUT2D eigenvalue weighted by molar-refractivity contribution is 6.30. The molecule has 2 aromatic rings. The second-order valence-electron chi connectivity index (χ2n) is 12.7. The maximum atomic E-state index is 13.0. The van der Waals surface area contributed by atoms with Crippen LogP contribution in [0.4, 0.5) is 5.69 Å². The van der Waals surface area contributed by atoms with Crippen molar-refractivity contribution in [3.05, 3.63) is 58.1 Å². The van der Waals surface area contributed by atoms with Crippen LogP contribution in [-0.4, -0.2) is 43.8 Å². The molecule has 3 aliphatic rings. The summed E-state index contributed by atoms with van der Waals surface area (Å²) < 4.78 is 17.4. The highest BCUT2D eigenvalue weighted by Crippen LogP contribution is 2.46. The van der Waals surface area contributed by atoms with Gasteiger partial charge in [0.15, 0.2) is 0 Å². The summed E-state index contributed by atoms with van der Waals surface area (Å²) in [5, 5.41) is 0.770. The third-order valence-electron chi connectivity index (χ3n) is 8.73. The quantitative estimate of drug-likeness (QED) is 0.331. The van der Waals surface area contributed by atoms with Crippen LogP contribution in [0, 0.1) is 11.8 Å². The van der Waals surface area contributed by atoms with Crippen molar-refractivity contribution in [3.63, 3.8) is 0 Å². The van der Waals surface area contributed by atoms with E-state index < -0.39 is 5.60 Å². The molecule has 2 aliphatic carbocycles. The zero-order valence-corrected chi connectivity index (χ0v) is 25.0. The van der Waals surface area contributed by atoms with Gasteiger partial charge < -0.3 is 19.1 Å². The van der Waals surface area contributed by atoms with Crippen molar-refractivity contribution in [2.45, 2.75) is 83.7 Å². The fraction of sp³-hybridized carbons (Fsp3) is 0.576. The number of halogens is 1. The van der Waals surface area contributed by atoms with Crippen molar-refractivity contribution < 1.29 is 23.8 Å². The van der Waals surface area contributed by atoms with E-state index in [1.54, 1.807) is 0 Å². The van der Waals surface area contributed by atoms with Crippen LogP contribution in [-0.2, 0) is 26.1 Å². The van der Waals surface area contributed by atoms with Crippen LogP contribution < -0.4 is 9.64 Å². The first-order valence-electron chi connectivity index (χ1n) is 14.8. The van der Waals surface area contributed by atoms with E-state index in [2.05, 4.69) is 17.0 Å². The third kappa shape index (κ3) is 6.27. The van der Waals surface area contributed by atoms with Crippen molar-refractivity contribution >= 4 is 29.2 Å². The number of hydrogen-bond donors (Lipinski definition) is 0. The molecule has 0 bridgehead atoms. The van der Waals surface area contributed by atoms with Gasteiger partial charge in [-0.2, -0.15) is 0 Å². The van der Waals surface area contributed by atoms with Crippen molar-refractivity contribution in [1.82, 2.24) is 0 Å². The monoisotopic (exact) mass is 567 g/mol. The number of rotatable bonds is 7. The molecule has 7 heteroatoms. The number of nitrogens with zero attached hydrogens (tertiary/aromatic N) is 1. The first kappa shape index (κ1) is 28.8. The van der Waals surface area contributed by atoms with Gasteiger partial charge in [0.1, 0.15) is 11.4 Å². The summed E-state index contributed by atoms with van der Waals surface area (Å²) in [6.07, 6.45) is 6.71. The van der Waals surface area contributed by atoms with Crippen LogP contribution in [0.3, 0.4) is 0 Å². The van der Waals surface area contributed by atoms with Gasteiger partial charge in [-0.25, -0.2) is 4.79 Å². The molecular formula is C33H42ClNO5. The fourth-order valence-corrected chi connectivity index (χ4v) is 6.85. The lowest BCUT2D eigenvalue weighted by Crippen LogP contribution is -2.48. The Labute approximate surface area is 243 Å². The predicted octanol–water partition coefficient (Wildman–Crippen LogP) is 7.14. The number of anilines is 1. The highest BCUT2D eigenvalue weighted by Gasteiger charge is 2.43. The molecule has 5 rings (SSSR count). The number of fused-ring (bicyclic) bond motifs is 3. The van der Waals surface area contributed by atoms with Gasteiger partial charge in [0.05, 0.1) is 24.5 Å². The molecule has 6 nitrogen and oxygen atoms in total. The zero-order valence-electron chi connectivity index (χ0n) is 24.3. The lowest BCUT2D eigenvalue weighted by atomic mass is 9.69. The van der Waals surface area contributed by atoms with E-state index in [4.69, 9.17) is 25.8 Å². The average molecular weight is 568 g/mol.